The molecule has 0 fully saturated rings. The van der Waals surface area contributed by atoms with Crippen molar-refractivity contribution in [1.29, 1.82) is 0 Å². The molecule has 0 amide bonds. The summed E-state index contributed by atoms with van der Waals surface area (Å²) in [6, 6.07) is 5.71. The molecule has 0 aliphatic heterocycles. The molecule has 1 aromatic carbocycles. The Balaban J connectivity index is 2.69. The van der Waals surface area contributed by atoms with Gasteiger partial charge >= 0.3 is 0 Å². The Hall–Kier alpha value is -1.30. The fourth-order valence-corrected chi connectivity index (χ4v) is 1.70. The standard InChI is InChI=1S/C14H23NO4/c1-4-18-9-12(16)10-19-14-11(8-15-2)6-5-7-13(14)17-3/h5-7,12,15-16H,4,8-10H2,1-3H3. The van der Waals surface area contributed by atoms with Gasteiger partial charge in [0.25, 0.3) is 0 Å². The summed E-state index contributed by atoms with van der Waals surface area (Å²) in [6.07, 6.45) is -0.646. The molecule has 0 bridgehead atoms. The SMILES string of the molecule is CCOCC(O)COc1c(CNC)cccc1OC. The van der Waals surface area contributed by atoms with Gasteiger partial charge in [-0.05, 0) is 20.0 Å². The van der Waals surface area contributed by atoms with Crippen LogP contribution in [0.4, 0.5) is 0 Å². The third kappa shape index (κ3) is 5.06. The minimum Gasteiger partial charge on any atom is -0.493 e. The van der Waals surface area contributed by atoms with E-state index in [2.05, 4.69) is 5.32 Å². The van der Waals surface area contributed by atoms with Crippen molar-refractivity contribution in [3.8, 4) is 11.5 Å². The first-order chi connectivity index (χ1) is 9.22. The van der Waals surface area contributed by atoms with Gasteiger partial charge in [-0.15, -0.1) is 0 Å². The minimum atomic E-state index is -0.646. The van der Waals surface area contributed by atoms with Gasteiger partial charge in [-0.25, -0.2) is 0 Å². The van der Waals surface area contributed by atoms with Crippen LogP contribution in [-0.2, 0) is 11.3 Å². The van der Waals surface area contributed by atoms with E-state index in [0.29, 0.717) is 24.7 Å². The number of hydrogen-bond acceptors (Lipinski definition) is 5. The maximum Gasteiger partial charge on any atom is 0.165 e. The number of para-hydroxylation sites is 1. The Morgan fingerprint density at radius 3 is 2.74 bits per heavy atom. The van der Waals surface area contributed by atoms with E-state index in [1.54, 1.807) is 7.11 Å². The van der Waals surface area contributed by atoms with E-state index >= 15 is 0 Å². The zero-order chi connectivity index (χ0) is 14.1. The summed E-state index contributed by atoms with van der Waals surface area (Å²) in [5.41, 5.74) is 0.991. The number of nitrogens with one attached hydrogen (secondary N) is 1. The maximum atomic E-state index is 9.72. The van der Waals surface area contributed by atoms with Crippen LogP contribution >= 0.6 is 0 Å². The van der Waals surface area contributed by atoms with Crippen molar-refractivity contribution in [2.75, 3.05) is 34.0 Å². The van der Waals surface area contributed by atoms with E-state index in [0.717, 1.165) is 5.56 Å². The van der Waals surface area contributed by atoms with Crippen LogP contribution in [-0.4, -0.2) is 45.2 Å². The summed E-state index contributed by atoms with van der Waals surface area (Å²) in [5, 5.41) is 12.8. The average Bonchev–Trinajstić information content (AvgIpc) is 2.43. The molecule has 0 aliphatic carbocycles. The van der Waals surface area contributed by atoms with Crippen LogP contribution in [0.2, 0.25) is 0 Å². The molecule has 1 rings (SSSR count). The van der Waals surface area contributed by atoms with Gasteiger partial charge in [0.15, 0.2) is 11.5 Å². The highest BCUT2D eigenvalue weighted by molar-refractivity contribution is 5.46. The summed E-state index contributed by atoms with van der Waals surface area (Å²) in [6.45, 7) is 3.59. The first-order valence-electron chi connectivity index (χ1n) is 6.42. The molecule has 1 aromatic rings. The minimum absolute atomic E-state index is 0.178. The van der Waals surface area contributed by atoms with E-state index in [1.807, 2.05) is 32.2 Å². The predicted octanol–water partition coefficient (Wildman–Crippen LogP) is 1.19. The molecule has 0 aliphatic rings. The quantitative estimate of drug-likeness (QED) is 0.705. The van der Waals surface area contributed by atoms with E-state index < -0.39 is 6.10 Å². The second kappa shape index (κ2) is 8.74. The average molecular weight is 269 g/mol. The Labute approximate surface area is 114 Å². The third-order valence-corrected chi connectivity index (χ3v) is 2.58. The van der Waals surface area contributed by atoms with Crippen LogP contribution < -0.4 is 14.8 Å². The van der Waals surface area contributed by atoms with Crippen molar-refractivity contribution in [2.24, 2.45) is 0 Å². The number of aliphatic hydroxyl groups is 1. The highest BCUT2D eigenvalue weighted by Gasteiger charge is 2.12. The molecule has 0 spiro atoms. The molecule has 0 saturated carbocycles. The summed E-state index contributed by atoms with van der Waals surface area (Å²) in [5.74, 6) is 1.33. The molecule has 2 N–H and O–H groups in total. The summed E-state index contributed by atoms with van der Waals surface area (Å²) < 4.78 is 16.1. The number of hydrogen-bond donors (Lipinski definition) is 2. The smallest absolute Gasteiger partial charge is 0.165 e. The van der Waals surface area contributed by atoms with Gasteiger partial charge in [0.05, 0.1) is 13.7 Å². The molecule has 0 radical (unpaired) electrons. The van der Waals surface area contributed by atoms with Crippen molar-refractivity contribution in [3.05, 3.63) is 23.8 Å². The van der Waals surface area contributed by atoms with Crippen LogP contribution in [0.25, 0.3) is 0 Å². The number of rotatable bonds is 9. The Morgan fingerprint density at radius 1 is 1.32 bits per heavy atom. The molecule has 1 unspecified atom stereocenters. The zero-order valence-electron chi connectivity index (χ0n) is 11.8. The van der Waals surface area contributed by atoms with Crippen LogP contribution in [0.5, 0.6) is 11.5 Å². The van der Waals surface area contributed by atoms with Crippen LogP contribution in [0, 0.1) is 0 Å². The molecular weight excluding hydrogens is 246 g/mol. The molecule has 1 atom stereocenters. The Kier molecular flexibility index (Phi) is 7.25. The van der Waals surface area contributed by atoms with Gasteiger partial charge in [0.1, 0.15) is 12.7 Å². The Bertz CT molecular complexity index is 370. The third-order valence-electron chi connectivity index (χ3n) is 2.58. The van der Waals surface area contributed by atoms with Crippen molar-refractivity contribution in [1.82, 2.24) is 5.32 Å². The van der Waals surface area contributed by atoms with Gasteiger partial charge in [-0.1, -0.05) is 12.1 Å². The number of methoxy groups -OCH3 is 1. The molecule has 19 heavy (non-hydrogen) atoms. The van der Waals surface area contributed by atoms with Crippen molar-refractivity contribution >= 4 is 0 Å². The summed E-state index contributed by atoms with van der Waals surface area (Å²) in [4.78, 5) is 0. The van der Waals surface area contributed by atoms with E-state index in [9.17, 15) is 5.11 Å². The van der Waals surface area contributed by atoms with Crippen molar-refractivity contribution in [3.63, 3.8) is 0 Å². The summed E-state index contributed by atoms with van der Waals surface area (Å²) in [7, 11) is 3.47. The fourth-order valence-electron chi connectivity index (χ4n) is 1.70. The molecule has 0 heterocycles. The largest absolute Gasteiger partial charge is 0.493 e. The number of aliphatic hydroxyl groups excluding tert-OH is 1. The normalized spacial score (nSPS) is 12.2. The first kappa shape index (κ1) is 15.8. The second-order valence-electron chi connectivity index (χ2n) is 4.10. The van der Waals surface area contributed by atoms with Gasteiger partial charge in [0.2, 0.25) is 0 Å². The first-order valence-corrected chi connectivity index (χ1v) is 6.42. The fraction of sp³-hybridized carbons (Fsp3) is 0.571. The molecule has 108 valence electrons. The van der Waals surface area contributed by atoms with E-state index in [-0.39, 0.29) is 13.2 Å². The highest BCUT2D eigenvalue weighted by atomic mass is 16.5. The second-order valence-corrected chi connectivity index (χ2v) is 4.10. The molecule has 5 heteroatoms. The maximum absolute atomic E-state index is 9.72. The van der Waals surface area contributed by atoms with Crippen LogP contribution in [0.15, 0.2) is 18.2 Å². The van der Waals surface area contributed by atoms with Crippen LogP contribution in [0.1, 0.15) is 12.5 Å². The summed E-state index contributed by atoms with van der Waals surface area (Å²) >= 11 is 0. The number of ether oxygens (including phenoxy) is 3. The number of benzene rings is 1. The molecular formula is C14H23NO4. The lowest BCUT2D eigenvalue weighted by Crippen LogP contribution is -2.24. The Morgan fingerprint density at radius 2 is 2.11 bits per heavy atom. The van der Waals surface area contributed by atoms with Gasteiger partial charge in [-0.2, -0.15) is 0 Å². The molecule has 0 saturated heterocycles. The zero-order valence-corrected chi connectivity index (χ0v) is 11.8. The van der Waals surface area contributed by atoms with Crippen molar-refractivity contribution in [2.45, 2.75) is 19.6 Å². The lowest BCUT2D eigenvalue weighted by atomic mass is 10.2. The predicted molar refractivity (Wildman–Crippen MR) is 73.8 cm³/mol. The van der Waals surface area contributed by atoms with E-state index in [4.69, 9.17) is 14.2 Å². The lowest BCUT2D eigenvalue weighted by Gasteiger charge is -2.17. The molecule has 0 aromatic heterocycles. The van der Waals surface area contributed by atoms with Crippen molar-refractivity contribution < 1.29 is 19.3 Å². The topological polar surface area (TPSA) is 60.0 Å². The van der Waals surface area contributed by atoms with Gasteiger partial charge in [-0.3, -0.25) is 0 Å². The van der Waals surface area contributed by atoms with Crippen LogP contribution in [0.3, 0.4) is 0 Å². The molecule has 5 nitrogen and oxygen atoms in total. The monoisotopic (exact) mass is 269 g/mol. The highest BCUT2D eigenvalue weighted by Crippen LogP contribution is 2.31. The van der Waals surface area contributed by atoms with E-state index in [1.165, 1.54) is 0 Å². The lowest BCUT2D eigenvalue weighted by molar-refractivity contribution is 0.0157. The van der Waals surface area contributed by atoms with Gasteiger partial charge in [0, 0.05) is 18.7 Å². The van der Waals surface area contributed by atoms with Gasteiger partial charge < -0.3 is 24.6 Å².